The van der Waals surface area contributed by atoms with Crippen LogP contribution in [-0.2, 0) is 19.0 Å². The van der Waals surface area contributed by atoms with Crippen LogP contribution in [0.3, 0.4) is 0 Å². The molecule has 0 unspecified atom stereocenters. The third-order valence-corrected chi connectivity index (χ3v) is 8.93. The number of aliphatic hydroxyl groups is 3. The summed E-state index contributed by atoms with van der Waals surface area (Å²) < 4.78 is 19.5. The number of hydrogen-bond donors (Lipinski definition) is 3. The molecule has 0 bridgehead atoms. The second-order valence-electron chi connectivity index (χ2n) is 13.7. The van der Waals surface area contributed by atoms with E-state index in [1.807, 2.05) is 26.8 Å². The smallest absolute Gasteiger partial charge is 0.171 e. The van der Waals surface area contributed by atoms with E-state index >= 15 is 0 Å². The fourth-order valence-corrected chi connectivity index (χ4v) is 6.26. The topological polar surface area (TPSA) is 105 Å². The highest BCUT2D eigenvalue weighted by Gasteiger charge is 2.60. The Kier molecular flexibility index (Phi) is 14.2. The van der Waals surface area contributed by atoms with E-state index in [2.05, 4.69) is 34.3 Å². The van der Waals surface area contributed by atoms with Gasteiger partial charge in [-0.15, -0.1) is 0 Å². The normalized spacial score (nSPS) is 37.1. The molecule has 7 nitrogen and oxygen atoms in total. The molecule has 238 valence electrons. The summed E-state index contributed by atoms with van der Waals surface area (Å²) in [6, 6.07) is 0. The molecule has 0 aromatic heterocycles. The van der Waals surface area contributed by atoms with Gasteiger partial charge < -0.3 is 29.5 Å². The number of carbonyl (C=O) groups is 1. The van der Waals surface area contributed by atoms with E-state index in [0.29, 0.717) is 25.4 Å². The van der Waals surface area contributed by atoms with Crippen LogP contribution in [0.5, 0.6) is 0 Å². The zero-order valence-corrected chi connectivity index (χ0v) is 27.1. The Hall–Kier alpha value is -1.09. The van der Waals surface area contributed by atoms with E-state index in [-0.39, 0.29) is 24.0 Å². The van der Waals surface area contributed by atoms with Crippen molar-refractivity contribution >= 4 is 5.78 Å². The molecule has 0 aromatic rings. The number of allylic oxidation sites excluding steroid dienone is 1. The molecular formula is C34H60O7. The number of rotatable bonds is 13. The Labute approximate surface area is 249 Å². The van der Waals surface area contributed by atoms with Crippen LogP contribution in [0, 0.1) is 29.1 Å². The number of Topliss-reactive ketones (excluding diaryl/α,β-unsaturated/α-hetero) is 1. The molecule has 7 heteroatoms. The van der Waals surface area contributed by atoms with Crippen molar-refractivity contribution < 1.29 is 34.3 Å². The van der Waals surface area contributed by atoms with Crippen molar-refractivity contribution in [2.24, 2.45) is 29.1 Å². The molecule has 0 heterocycles. The molecule has 9 atom stereocenters. The van der Waals surface area contributed by atoms with Crippen molar-refractivity contribution in [3.8, 4) is 0 Å². The van der Waals surface area contributed by atoms with Gasteiger partial charge in [0.2, 0.25) is 0 Å². The molecule has 1 saturated carbocycles. The fraction of sp³-hybridized carbons (Fsp3) is 0.853. The molecule has 0 amide bonds. The van der Waals surface area contributed by atoms with Crippen LogP contribution in [0.1, 0.15) is 100 Å². The Morgan fingerprint density at radius 3 is 2.12 bits per heavy atom. The molecule has 0 aliphatic heterocycles. The van der Waals surface area contributed by atoms with Gasteiger partial charge in [-0.1, -0.05) is 99.8 Å². The number of carbonyl (C=O) groups excluding carboxylic acids is 1. The van der Waals surface area contributed by atoms with Crippen LogP contribution < -0.4 is 0 Å². The zero-order chi connectivity index (χ0) is 31.0. The van der Waals surface area contributed by atoms with Gasteiger partial charge in [0.25, 0.3) is 0 Å². The van der Waals surface area contributed by atoms with Gasteiger partial charge in [0.05, 0.1) is 24.2 Å². The number of unbranched alkanes of at least 4 members (excludes halogenated alkanes) is 4. The van der Waals surface area contributed by atoms with Crippen LogP contribution in [-0.4, -0.2) is 77.0 Å². The second-order valence-corrected chi connectivity index (χ2v) is 13.7. The van der Waals surface area contributed by atoms with Gasteiger partial charge in [0.1, 0.15) is 17.8 Å². The summed E-state index contributed by atoms with van der Waals surface area (Å²) in [6.07, 6.45) is 5.05. The minimum atomic E-state index is -1.80. The minimum Gasteiger partial charge on any atom is -0.392 e. The quantitative estimate of drug-likeness (QED) is 0.191. The molecule has 0 aromatic carbocycles. The van der Waals surface area contributed by atoms with Crippen molar-refractivity contribution in [2.45, 2.75) is 136 Å². The highest BCUT2D eigenvalue weighted by molar-refractivity contribution is 5.91. The first kappa shape index (κ1) is 36.1. The molecule has 3 N–H and O–H groups in total. The number of fused-ring (bicyclic) bond motifs is 1. The maximum atomic E-state index is 13.9. The van der Waals surface area contributed by atoms with E-state index in [0.717, 1.165) is 38.5 Å². The highest BCUT2D eigenvalue weighted by atomic mass is 16.6. The minimum absolute atomic E-state index is 0.137. The van der Waals surface area contributed by atoms with E-state index in [1.54, 1.807) is 13.0 Å². The summed E-state index contributed by atoms with van der Waals surface area (Å²) in [5.41, 5.74) is -2.09. The standard InChI is InChI=1S/C34H60O7/c1-10-12-14-18-39-28-25(7)29(41-21-22(3)4)30(40-19-15-13-11-2)32(37)33(8,9)17-16-23(5)31(36)34(38)20-24(6)27(35)26(28)34/h16-17,22-24,26-30,32,35,37-38H,7,10-15,18-21H2,1-6,8-9H3/b17-16+/t23-,24-,26+,27-,28-,29-,30+,32+,34+/m0/s1. The van der Waals surface area contributed by atoms with E-state index < -0.39 is 53.4 Å². The third kappa shape index (κ3) is 8.96. The summed E-state index contributed by atoms with van der Waals surface area (Å²) in [4.78, 5) is 13.9. The molecule has 1 fully saturated rings. The molecule has 2 rings (SSSR count). The van der Waals surface area contributed by atoms with Crippen molar-refractivity contribution in [1.82, 2.24) is 0 Å². The van der Waals surface area contributed by atoms with E-state index in [9.17, 15) is 20.1 Å². The first-order valence-corrected chi connectivity index (χ1v) is 16.1. The lowest BCUT2D eigenvalue weighted by Gasteiger charge is -2.44. The lowest BCUT2D eigenvalue weighted by atomic mass is 9.72. The Bertz CT molecular complexity index is 852. The predicted molar refractivity (Wildman–Crippen MR) is 164 cm³/mol. The molecule has 0 spiro atoms. The largest absolute Gasteiger partial charge is 0.392 e. The summed E-state index contributed by atoms with van der Waals surface area (Å²) in [5.74, 6) is -2.02. The maximum Gasteiger partial charge on any atom is 0.171 e. The monoisotopic (exact) mass is 580 g/mol. The van der Waals surface area contributed by atoms with Gasteiger partial charge in [-0.3, -0.25) is 4.79 Å². The summed E-state index contributed by atoms with van der Waals surface area (Å²) >= 11 is 0. The van der Waals surface area contributed by atoms with Gasteiger partial charge in [-0.25, -0.2) is 0 Å². The van der Waals surface area contributed by atoms with Crippen LogP contribution in [0.4, 0.5) is 0 Å². The van der Waals surface area contributed by atoms with Crippen molar-refractivity contribution in [3.05, 3.63) is 24.3 Å². The third-order valence-electron chi connectivity index (χ3n) is 8.93. The molecule has 0 radical (unpaired) electrons. The zero-order valence-electron chi connectivity index (χ0n) is 27.1. The first-order valence-electron chi connectivity index (χ1n) is 16.1. The van der Waals surface area contributed by atoms with E-state index in [4.69, 9.17) is 14.2 Å². The van der Waals surface area contributed by atoms with Crippen molar-refractivity contribution in [3.63, 3.8) is 0 Å². The number of ether oxygens (including phenoxy) is 3. The average Bonchev–Trinajstić information content (AvgIpc) is 3.15. The fourth-order valence-electron chi connectivity index (χ4n) is 6.26. The lowest BCUT2D eigenvalue weighted by Crippen LogP contribution is -2.56. The van der Waals surface area contributed by atoms with Gasteiger partial charge in [-0.2, -0.15) is 0 Å². The molecule has 2 aliphatic carbocycles. The number of ketones is 1. The molecule has 41 heavy (non-hydrogen) atoms. The first-order chi connectivity index (χ1) is 19.2. The predicted octanol–water partition coefficient (Wildman–Crippen LogP) is 5.64. The number of aliphatic hydroxyl groups excluding tert-OH is 2. The second kappa shape index (κ2) is 16.1. The SMILES string of the molecule is C=C1[C@H](OCC(C)C)[C@@H](OCCCCC)[C@@H](O)C(C)(C)/C=C/[C@H](C)C(=O)[C@@]2(O)C[C@H](C)[C@H](O)[C@@H]2[C@H]1OCCCCC. The summed E-state index contributed by atoms with van der Waals surface area (Å²) in [5, 5.41) is 35.5. The van der Waals surface area contributed by atoms with Gasteiger partial charge in [0, 0.05) is 31.2 Å². The van der Waals surface area contributed by atoms with Crippen LogP contribution in [0.15, 0.2) is 24.3 Å². The van der Waals surface area contributed by atoms with Crippen molar-refractivity contribution in [1.29, 1.82) is 0 Å². The van der Waals surface area contributed by atoms with Crippen LogP contribution in [0.2, 0.25) is 0 Å². The maximum absolute atomic E-state index is 13.9. The average molecular weight is 581 g/mol. The van der Waals surface area contributed by atoms with Gasteiger partial charge in [-0.05, 0) is 36.7 Å². The van der Waals surface area contributed by atoms with Gasteiger partial charge in [0.15, 0.2) is 5.78 Å². The van der Waals surface area contributed by atoms with E-state index in [1.165, 1.54) is 0 Å². The Morgan fingerprint density at radius 1 is 0.976 bits per heavy atom. The van der Waals surface area contributed by atoms with Crippen LogP contribution >= 0.6 is 0 Å². The van der Waals surface area contributed by atoms with Crippen molar-refractivity contribution in [2.75, 3.05) is 19.8 Å². The van der Waals surface area contributed by atoms with Crippen LogP contribution in [0.25, 0.3) is 0 Å². The summed E-state index contributed by atoms with van der Waals surface area (Å²) in [7, 11) is 0. The number of hydrogen-bond acceptors (Lipinski definition) is 7. The van der Waals surface area contributed by atoms with Gasteiger partial charge >= 0.3 is 0 Å². The Balaban J connectivity index is 2.73. The lowest BCUT2D eigenvalue weighted by molar-refractivity contribution is -0.162. The molecule has 0 saturated heterocycles. The summed E-state index contributed by atoms with van der Waals surface area (Å²) in [6.45, 7) is 21.5. The molecular weight excluding hydrogens is 520 g/mol. The molecule has 2 aliphatic rings. The Morgan fingerprint density at radius 2 is 1.56 bits per heavy atom. The highest BCUT2D eigenvalue weighted by Crippen LogP contribution is 2.47.